The van der Waals surface area contributed by atoms with Crippen LogP contribution in [0.1, 0.15) is 90.5 Å². The van der Waals surface area contributed by atoms with Crippen molar-refractivity contribution in [1.82, 2.24) is 0 Å². The van der Waals surface area contributed by atoms with Gasteiger partial charge in [-0.2, -0.15) is 11.8 Å². The molecule has 0 fully saturated rings. The van der Waals surface area contributed by atoms with Gasteiger partial charge in [-0.1, -0.05) is 71.8 Å². The van der Waals surface area contributed by atoms with E-state index >= 15 is 0 Å². The molecule has 0 bridgehead atoms. The molecule has 6 N–H and O–H groups in total. The summed E-state index contributed by atoms with van der Waals surface area (Å²) < 4.78 is 23.0. The maximum absolute atomic E-state index is 12.3. The number of unbranched alkanes of at least 4 members (excludes halogenated alkanes) is 6. The summed E-state index contributed by atoms with van der Waals surface area (Å²) in [6, 6.07) is 4.66. The highest BCUT2D eigenvalue weighted by atomic mass is 32.2. The molecule has 0 saturated heterocycles. The number of nitrogens with two attached hydrogens (primary N) is 2. The van der Waals surface area contributed by atoms with E-state index in [1.165, 1.54) is 37.7 Å². The summed E-state index contributed by atoms with van der Waals surface area (Å²) in [4.78, 5) is 20.2. The topological polar surface area (TPSA) is 162 Å². The molecule has 0 spiro atoms. The number of thioether (sulfide) groups is 1. The van der Waals surface area contributed by atoms with Crippen LogP contribution in [0.3, 0.4) is 0 Å². The molecule has 232 valence electrons. The van der Waals surface area contributed by atoms with Gasteiger partial charge >= 0.3 is 11.9 Å². The molecular weight excluding hydrogens is 552 g/mol. The molecule has 0 radical (unpaired) electrons. The SMILES string of the molecule is CCCCC(N)C(=O)O.CCCCCCCCS(=O)C(C)Cc1ccc2c(c1)OCO2.CSCC[C@H](N)C(=O)O. The first-order chi connectivity index (χ1) is 19.1. The van der Waals surface area contributed by atoms with E-state index < -0.39 is 34.8 Å². The Balaban J connectivity index is 0.000000700. The van der Waals surface area contributed by atoms with Crippen LogP contribution >= 0.6 is 11.8 Å². The summed E-state index contributed by atoms with van der Waals surface area (Å²) in [5.74, 6) is 1.45. The first-order valence-corrected chi connectivity index (χ1v) is 17.1. The Kier molecular flexibility index (Phi) is 22.8. The predicted molar refractivity (Wildman–Crippen MR) is 166 cm³/mol. The Morgan fingerprint density at radius 2 is 1.50 bits per heavy atom. The lowest BCUT2D eigenvalue weighted by Crippen LogP contribution is -2.30. The lowest BCUT2D eigenvalue weighted by atomic mass is 10.1. The van der Waals surface area contributed by atoms with E-state index in [4.69, 9.17) is 31.2 Å². The summed E-state index contributed by atoms with van der Waals surface area (Å²) >= 11 is 1.60. The molecule has 3 unspecified atom stereocenters. The van der Waals surface area contributed by atoms with Crippen molar-refractivity contribution in [2.24, 2.45) is 11.5 Å². The first-order valence-electron chi connectivity index (χ1n) is 14.3. The second-order valence-electron chi connectivity index (χ2n) is 9.87. The van der Waals surface area contributed by atoms with Gasteiger partial charge < -0.3 is 31.2 Å². The van der Waals surface area contributed by atoms with Crippen molar-refractivity contribution in [3.05, 3.63) is 23.8 Å². The monoisotopic (exact) mass is 604 g/mol. The predicted octanol–water partition coefficient (Wildman–Crippen LogP) is 5.20. The van der Waals surface area contributed by atoms with Gasteiger partial charge in [0.15, 0.2) is 11.5 Å². The minimum atomic E-state index is -0.913. The van der Waals surface area contributed by atoms with Crippen LogP contribution in [0.25, 0.3) is 0 Å². The lowest BCUT2D eigenvalue weighted by Gasteiger charge is -2.12. The fraction of sp³-hybridized carbons (Fsp3) is 0.724. The van der Waals surface area contributed by atoms with Crippen molar-refractivity contribution in [2.75, 3.05) is 24.6 Å². The van der Waals surface area contributed by atoms with Gasteiger partial charge in [0, 0.05) is 21.8 Å². The molecule has 11 heteroatoms. The Labute approximate surface area is 247 Å². The minimum Gasteiger partial charge on any atom is -0.480 e. The smallest absolute Gasteiger partial charge is 0.320 e. The largest absolute Gasteiger partial charge is 0.480 e. The van der Waals surface area contributed by atoms with Crippen LogP contribution in [0.5, 0.6) is 11.5 Å². The van der Waals surface area contributed by atoms with Gasteiger partial charge in [-0.3, -0.25) is 13.8 Å². The summed E-state index contributed by atoms with van der Waals surface area (Å²) in [6.07, 6.45) is 13.3. The zero-order chi connectivity index (χ0) is 30.3. The van der Waals surface area contributed by atoms with Crippen molar-refractivity contribution < 1.29 is 33.5 Å². The molecule has 0 aromatic heterocycles. The van der Waals surface area contributed by atoms with E-state index in [0.717, 1.165) is 48.7 Å². The van der Waals surface area contributed by atoms with E-state index in [1.54, 1.807) is 11.8 Å². The molecule has 0 saturated carbocycles. The molecule has 1 aliphatic rings. The van der Waals surface area contributed by atoms with Crippen LogP contribution in [0.4, 0.5) is 0 Å². The highest BCUT2D eigenvalue weighted by molar-refractivity contribution is 7.98. The van der Waals surface area contributed by atoms with Crippen LogP contribution in [-0.2, 0) is 26.8 Å². The van der Waals surface area contributed by atoms with Crippen LogP contribution in [0.2, 0.25) is 0 Å². The van der Waals surface area contributed by atoms with E-state index in [0.29, 0.717) is 19.6 Å². The second kappa shape index (κ2) is 23.8. The number of fused-ring (bicyclic) bond motifs is 1. The molecule has 4 atom stereocenters. The number of aliphatic carboxylic acids is 2. The average molecular weight is 605 g/mol. The molecule has 2 rings (SSSR count). The van der Waals surface area contributed by atoms with Gasteiger partial charge in [0.2, 0.25) is 6.79 Å². The molecule has 1 aliphatic heterocycles. The summed E-state index contributed by atoms with van der Waals surface area (Å²) in [7, 11) is -0.743. The van der Waals surface area contributed by atoms with Crippen LogP contribution in [0, 0.1) is 0 Å². The number of hydrogen-bond donors (Lipinski definition) is 4. The standard InChI is InChI=1S/C18H28O3S.C6H13NO2.C5H11NO2S/c1-3-4-5-6-7-8-11-22(19)15(2)12-16-9-10-17-18(13-16)21-14-20-17;1-2-3-4-5(7)6(8)9;1-9-3-2-4(6)5(7)8/h9-10,13,15H,3-8,11-12,14H2,1-2H3;5H,2-4,7H2,1H3,(H,8,9);4H,2-3,6H2,1H3,(H,7,8)/t;;4-/m..0/s1. The number of carboxylic acids is 2. The summed E-state index contributed by atoms with van der Waals surface area (Å²) in [5.41, 5.74) is 11.6. The molecule has 1 aromatic rings. The number of carbonyl (C=O) groups is 2. The summed E-state index contributed by atoms with van der Waals surface area (Å²) in [5, 5.41) is 16.7. The lowest BCUT2D eigenvalue weighted by molar-refractivity contribution is -0.139. The molecule has 9 nitrogen and oxygen atoms in total. The van der Waals surface area contributed by atoms with Gasteiger partial charge in [0.1, 0.15) is 12.1 Å². The Morgan fingerprint density at radius 3 is 2.10 bits per heavy atom. The Hall–Kier alpha value is -1.82. The third-order valence-corrected chi connectivity index (χ3v) is 8.64. The molecular formula is C29H52N2O7S2. The zero-order valence-corrected chi connectivity index (χ0v) is 26.4. The minimum absolute atomic E-state index is 0.191. The first kappa shape index (κ1) is 38.2. The quantitative estimate of drug-likeness (QED) is 0.164. The Bertz CT molecular complexity index is 834. The fourth-order valence-corrected chi connectivity index (χ4v) is 5.39. The second-order valence-corrected chi connectivity index (χ2v) is 12.8. The van der Waals surface area contributed by atoms with Crippen molar-refractivity contribution in [2.45, 2.75) is 109 Å². The maximum Gasteiger partial charge on any atom is 0.320 e. The third kappa shape index (κ3) is 18.5. The van der Waals surface area contributed by atoms with Gasteiger partial charge in [-0.15, -0.1) is 0 Å². The summed E-state index contributed by atoms with van der Waals surface area (Å²) in [6.45, 7) is 6.62. The van der Waals surface area contributed by atoms with E-state index in [1.807, 2.05) is 31.4 Å². The van der Waals surface area contributed by atoms with Gasteiger partial charge in [-0.05, 0) is 55.4 Å². The van der Waals surface area contributed by atoms with Crippen molar-refractivity contribution in [1.29, 1.82) is 0 Å². The number of hydrogen-bond acceptors (Lipinski definition) is 8. The van der Waals surface area contributed by atoms with Crippen molar-refractivity contribution >= 4 is 34.5 Å². The number of rotatable bonds is 18. The highest BCUT2D eigenvalue weighted by Crippen LogP contribution is 2.33. The van der Waals surface area contributed by atoms with Crippen LogP contribution < -0.4 is 20.9 Å². The van der Waals surface area contributed by atoms with Gasteiger partial charge in [0.25, 0.3) is 0 Å². The normalized spacial score (nSPS) is 14.6. The maximum atomic E-state index is 12.3. The van der Waals surface area contributed by atoms with E-state index in [2.05, 4.69) is 13.8 Å². The number of benzene rings is 1. The molecule has 40 heavy (non-hydrogen) atoms. The Morgan fingerprint density at radius 1 is 0.925 bits per heavy atom. The third-order valence-electron chi connectivity index (χ3n) is 6.24. The number of carboxylic acid groups (broad SMARTS) is 2. The molecule has 0 aliphatic carbocycles. The van der Waals surface area contributed by atoms with Gasteiger partial charge in [-0.25, -0.2) is 0 Å². The molecule has 0 amide bonds. The molecule has 1 heterocycles. The zero-order valence-electron chi connectivity index (χ0n) is 24.8. The van der Waals surface area contributed by atoms with Crippen LogP contribution in [-0.4, -0.2) is 68.2 Å². The van der Waals surface area contributed by atoms with Gasteiger partial charge in [0.05, 0.1) is 0 Å². The average Bonchev–Trinajstić information content (AvgIpc) is 3.40. The van der Waals surface area contributed by atoms with E-state index in [9.17, 15) is 13.8 Å². The van der Waals surface area contributed by atoms with Crippen molar-refractivity contribution in [3.63, 3.8) is 0 Å². The molecule has 1 aromatic carbocycles. The highest BCUT2D eigenvalue weighted by Gasteiger charge is 2.16. The number of ether oxygens (including phenoxy) is 2. The van der Waals surface area contributed by atoms with E-state index in [-0.39, 0.29) is 5.25 Å². The van der Waals surface area contributed by atoms with Crippen molar-refractivity contribution in [3.8, 4) is 11.5 Å². The van der Waals surface area contributed by atoms with Crippen LogP contribution in [0.15, 0.2) is 18.2 Å². The fourth-order valence-electron chi connectivity index (χ4n) is 3.63.